The van der Waals surface area contributed by atoms with Crippen LogP contribution in [0.25, 0.3) is 5.69 Å². The first kappa shape index (κ1) is 15.6. The van der Waals surface area contributed by atoms with E-state index in [0.29, 0.717) is 18.1 Å². The Labute approximate surface area is 127 Å². The maximum absolute atomic E-state index is 12.5. The number of carbonyl (C=O) groups excluding carboxylic acids is 1. The van der Waals surface area contributed by atoms with Crippen molar-refractivity contribution in [1.82, 2.24) is 4.57 Å². The Bertz CT molecular complexity index is 577. The highest BCUT2D eigenvalue weighted by atomic mass is 16.1. The van der Waals surface area contributed by atoms with Gasteiger partial charge in [-0.15, -0.1) is 0 Å². The Morgan fingerprint density at radius 1 is 1.10 bits per heavy atom. The second kappa shape index (κ2) is 6.30. The Morgan fingerprint density at radius 3 is 2.19 bits per heavy atom. The second-order valence-corrected chi connectivity index (χ2v) is 6.62. The number of benzene rings is 1. The highest BCUT2D eigenvalue weighted by Crippen LogP contribution is 2.27. The molecule has 1 aromatic heterocycles. The van der Waals surface area contributed by atoms with E-state index < -0.39 is 5.41 Å². The Hall–Kier alpha value is -1.83. The normalized spacial score (nSPS) is 11.9. The standard InChI is InChI=1S/C19H25NO/c1-15(2)7-12-18(21)19(3,4)16-8-10-17(11-9-16)20-13-5-6-14-20/h5-6,8-11,13-15H,7,12H2,1-4H3. The minimum Gasteiger partial charge on any atom is -0.324 e. The molecule has 0 bridgehead atoms. The smallest absolute Gasteiger partial charge is 0.142 e. The molecule has 0 aliphatic heterocycles. The average Bonchev–Trinajstić information content (AvgIpc) is 2.99. The molecule has 1 aromatic carbocycles. The lowest BCUT2D eigenvalue weighted by Gasteiger charge is -2.24. The molecular formula is C19H25NO. The maximum atomic E-state index is 12.5. The number of rotatable bonds is 6. The van der Waals surface area contributed by atoms with Gasteiger partial charge in [-0.1, -0.05) is 26.0 Å². The molecule has 0 N–H and O–H groups in total. The third-order valence-electron chi connectivity index (χ3n) is 4.14. The molecule has 112 valence electrons. The van der Waals surface area contributed by atoms with Crippen LogP contribution in [0.15, 0.2) is 48.8 Å². The van der Waals surface area contributed by atoms with E-state index in [1.165, 1.54) is 0 Å². The largest absolute Gasteiger partial charge is 0.324 e. The van der Waals surface area contributed by atoms with Gasteiger partial charge in [-0.2, -0.15) is 0 Å². The van der Waals surface area contributed by atoms with Crippen molar-refractivity contribution in [3.8, 4) is 5.69 Å². The number of nitrogens with zero attached hydrogens (tertiary/aromatic N) is 1. The van der Waals surface area contributed by atoms with Crippen molar-refractivity contribution in [2.24, 2.45) is 5.92 Å². The van der Waals surface area contributed by atoms with Gasteiger partial charge in [0.25, 0.3) is 0 Å². The van der Waals surface area contributed by atoms with Crippen LogP contribution < -0.4 is 0 Å². The summed E-state index contributed by atoms with van der Waals surface area (Å²) in [7, 11) is 0. The van der Waals surface area contributed by atoms with Gasteiger partial charge in [-0.3, -0.25) is 4.79 Å². The lowest BCUT2D eigenvalue weighted by Crippen LogP contribution is -2.29. The molecular weight excluding hydrogens is 258 g/mol. The minimum absolute atomic E-state index is 0.324. The molecule has 0 atom stereocenters. The lowest BCUT2D eigenvalue weighted by molar-refractivity contribution is -0.123. The summed E-state index contributed by atoms with van der Waals surface area (Å²) in [5.41, 5.74) is 1.80. The van der Waals surface area contributed by atoms with Gasteiger partial charge in [0, 0.05) is 29.9 Å². The summed E-state index contributed by atoms with van der Waals surface area (Å²) < 4.78 is 2.07. The molecule has 0 aliphatic carbocycles. The van der Waals surface area contributed by atoms with Crippen molar-refractivity contribution in [2.75, 3.05) is 0 Å². The van der Waals surface area contributed by atoms with Crippen LogP contribution in [0.2, 0.25) is 0 Å². The van der Waals surface area contributed by atoms with Crippen molar-refractivity contribution < 1.29 is 4.79 Å². The molecule has 2 aromatic rings. The molecule has 0 radical (unpaired) electrons. The summed E-state index contributed by atoms with van der Waals surface area (Å²) >= 11 is 0. The van der Waals surface area contributed by atoms with Crippen molar-refractivity contribution >= 4 is 5.78 Å². The number of aromatic nitrogens is 1. The fourth-order valence-corrected chi connectivity index (χ4v) is 2.45. The van der Waals surface area contributed by atoms with E-state index in [0.717, 1.165) is 17.7 Å². The van der Waals surface area contributed by atoms with Gasteiger partial charge in [-0.25, -0.2) is 0 Å². The van der Waals surface area contributed by atoms with Gasteiger partial charge in [0.1, 0.15) is 5.78 Å². The predicted octanol–water partition coefficient (Wildman–Crippen LogP) is 4.76. The topological polar surface area (TPSA) is 22.0 Å². The molecule has 2 heteroatoms. The second-order valence-electron chi connectivity index (χ2n) is 6.62. The maximum Gasteiger partial charge on any atom is 0.142 e. The van der Waals surface area contributed by atoms with Gasteiger partial charge < -0.3 is 4.57 Å². The van der Waals surface area contributed by atoms with E-state index in [4.69, 9.17) is 0 Å². The van der Waals surface area contributed by atoms with Gasteiger partial charge in [0.05, 0.1) is 0 Å². The van der Waals surface area contributed by atoms with E-state index >= 15 is 0 Å². The quantitative estimate of drug-likeness (QED) is 0.749. The van der Waals surface area contributed by atoms with Crippen LogP contribution >= 0.6 is 0 Å². The molecule has 21 heavy (non-hydrogen) atoms. The summed E-state index contributed by atoms with van der Waals surface area (Å²) in [5, 5.41) is 0. The predicted molar refractivity (Wildman–Crippen MR) is 87.9 cm³/mol. The Balaban J connectivity index is 2.14. The number of hydrogen-bond acceptors (Lipinski definition) is 1. The van der Waals surface area contributed by atoms with Crippen molar-refractivity contribution in [3.63, 3.8) is 0 Å². The fourth-order valence-electron chi connectivity index (χ4n) is 2.45. The molecule has 0 spiro atoms. The van der Waals surface area contributed by atoms with Crippen LogP contribution in [0.3, 0.4) is 0 Å². The van der Waals surface area contributed by atoms with E-state index in [1.807, 2.05) is 38.4 Å². The zero-order valence-electron chi connectivity index (χ0n) is 13.5. The number of hydrogen-bond donors (Lipinski definition) is 0. The molecule has 2 rings (SSSR count). The molecule has 0 unspecified atom stereocenters. The molecule has 0 saturated heterocycles. The number of carbonyl (C=O) groups is 1. The Kier molecular flexibility index (Phi) is 4.66. The summed E-state index contributed by atoms with van der Waals surface area (Å²) in [5.74, 6) is 0.894. The summed E-state index contributed by atoms with van der Waals surface area (Å²) in [4.78, 5) is 12.5. The van der Waals surface area contributed by atoms with Gasteiger partial charge in [0.2, 0.25) is 0 Å². The molecule has 0 fully saturated rings. The van der Waals surface area contributed by atoms with E-state index in [2.05, 4.69) is 42.7 Å². The van der Waals surface area contributed by atoms with E-state index in [-0.39, 0.29) is 0 Å². The molecule has 1 heterocycles. The molecule has 0 amide bonds. The number of Topliss-reactive ketones (excluding diaryl/α,β-unsaturated/α-hetero) is 1. The summed E-state index contributed by atoms with van der Waals surface area (Å²) in [6.07, 6.45) is 5.66. The third-order valence-corrected chi connectivity index (χ3v) is 4.14. The molecule has 0 aliphatic rings. The first-order chi connectivity index (χ1) is 9.91. The van der Waals surface area contributed by atoms with Gasteiger partial charge in [-0.05, 0) is 56.0 Å². The van der Waals surface area contributed by atoms with Gasteiger partial charge in [0.15, 0.2) is 0 Å². The highest BCUT2D eigenvalue weighted by Gasteiger charge is 2.28. The van der Waals surface area contributed by atoms with Crippen LogP contribution in [0.1, 0.15) is 46.1 Å². The monoisotopic (exact) mass is 283 g/mol. The first-order valence-corrected chi connectivity index (χ1v) is 7.68. The first-order valence-electron chi connectivity index (χ1n) is 7.68. The van der Waals surface area contributed by atoms with Crippen molar-refractivity contribution in [2.45, 2.75) is 46.0 Å². The zero-order chi connectivity index (χ0) is 15.5. The van der Waals surface area contributed by atoms with E-state index in [1.54, 1.807) is 0 Å². The lowest BCUT2D eigenvalue weighted by atomic mass is 9.78. The van der Waals surface area contributed by atoms with Crippen LogP contribution in [0.4, 0.5) is 0 Å². The van der Waals surface area contributed by atoms with Crippen LogP contribution in [-0.2, 0) is 10.2 Å². The van der Waals surface area contributed by atoms with Gasteiger partial charge >= 0.3 is 0 Å². The third kappa shape index (κ3) is 3.63. The highest BCUT2D eigenvalue weighted by molar-refractivity contribution is 5.89. The van der Waals surface area contributed by atoms with E-state index in [9.17, 15) is 4.79 Å². The molecule has 2 nitrogen and oxygen atoms in total. The average molecular weight is 283 g/mol. The summed E-state index contributed by atoms with van der Waals surface area (Å²) in [6.45, 7) is 8.37. The SMILES string of the molecule is CC(C)CCC(=O)C(C)(C)c1ccc(-n2cccc2)cc1. The van der Waals surface area contributed by atoms with Crippen LogP contribution in [0, 0.1) is 5.92 Å². The van der Waals surface area contributed by atoms with Crippen molar-refractivity contribution in [3.05, 3.63) is 54.4 Å². The van der Waals surface area contributed by atoms with Crippen LogP contribution in [0.5, 0.6) is 0 Å². The minimum atomic E-state index is -0.413. The summed E-state index contributed by atoms with van der Waals surface area (Å²) in [6, 6.07) is 12.3. The number of ketones is 1. The fraction of sp³-hybridized carbons (Fsp3) is 0.421. The zero-order valence-corrected chi connectivity index (χ0v) is 13.5. The van der Waals surface area contributed by atoms with Crippen LogP contribution in [-0.4, -0.2) is 10.4 Å². The Morgan fingerprint density at radius 2 is 1.67 bits per heavy atom. The van der Waals surface area contributed by atoms with Crippen molar-refractivity contribution in [1.29, 1.82) is 0 Å². The molecule has 0 saturated carbocycles.